The second kappa shape index (κ2) is 5.93. The fraction of sp³-hybridized carbons (Fsp3) is 0.500. The third kappa shape index (κ3) is 2.81. The third-order valence-corrected chi connectivity index (χ3v) is 3.51. The highest BCUT2D eigenvalue weighted by Crippen LogP contribution is 2.31. The number of nitrogens with one attached hydrogen (secondary N) is 1. The summed E-state index contributed by atoms with van der Waals surface area (Å²) >= 11 is 0. The Morgan fingerprint density at radius 3 is 2.68 bits per heavy atom. The first-order chi connectivity index (χ1) is 9.17. The number of hydrogen-bond acceptors (Lipinski definition) is 4. The Labute approximate surface area is 113 Å². The molecule has 1 heterocycles. The summed E-state index contributed by atoms with van der Waals surface area (Å²) in [5.74, 6) is 1.54. The molecule has 1 fully saturated rings. The fourth-order valence-electron chi connectivity index (χ4n) is 2.32. The van der Waals surface area contributed by atoms with E-state index in [-0.39, 0.29) is 11.9 Å². The van der Waals surface area contributed by atoms with Gasteiger partial charge in [0.15, 0.2) is 11.5 Å². The molecule has 1 saturated heterocycles. The number of nitrogens with zero attached hydrogens (tertiary/aromatic N) is 1. The van der Waals surface area contributed by atoms with Crippen molar-refractivity contribution >= 4 is 5.91 Å². The average molecular weight is 264 g/mol. The molecular weight excluding hydrogens is 244 g/mol. The quantitative estimate of drug-likeness (QED) is 0.891. The molecular formula is C14H20N2O3. The number of benzene rings is 1. The second-order valence-corrected chi connectivity index (χ2v) is 4.59. The van der Waals surface area contributed by atoms with E-state index < -0.39 is 0 Å². The SMILES string of the molecule is COc1ccc(C2CNCCC(=O)N2C)cc1OC. The van der Waals surface area contributed by atoms with E-state index in [0.717, 1.165) is 18.7 Å². The molecule has 1 aliphatic rings. The zero-order valence-electron chi connectivity index (χ0n) is 11.6. The van der Waals surface area contributed by atoms with Crippen molar-refractivity contribution in [2.24, 2.45) is 0 Å². The largest absolute Gasteiger partial charge is 0.493 e. The van der Waals surface area contributed by atoms with Crippen LogP contribution in [0.25, 0.3) is 0 Å². The molecule has 1 aromatic rings. The molecule has 0 saturated carbocycles. The van der Waals surface area contributed by atoms with Crippen LogP contribution >= 0.6 is 0 Å². The first-order valence-electron chi connectivity index (χ1n) is 6.35. The minimum atomic E-state index is 0.0230. The van der Waals surface area contributed by atoms with Crippen LogP contribution in [0.2, 0.25) is 0 Å². The lowest BCUT2D eigenvalue weighted by atomic mass is 10.0. The highest BCUT2D eigenvalue weighted by Gasteiger charge is 2.24. The van der Waals surface area contributed by atoms with Gasteiger partial charge in [-0.3, -0.25) is 4.79 Å². The highest BCUT2D eigenvalue weighted by molar-refractivity contribution is 5.77. The van der Waals surface area contributed by atoms with Crippen molar-refractivity contribution in [3.05, 3.63) is 23.8 Å². The van der Waals surface area contributed by atoms with Crippen LogP contribution < -0.4 is 14.8 Å². The van der Waals surface area contributed by atoms with Crippen LogP contribution in [-0.2, 0) is 4.79 Å². The van der Waals surface area contributed by atoms with Gasteiger partial charge in [-0.25, -0.2) is 0 Å². The molecule has 0 bridgehead atoms. The standard InChI is InChI=1S/C14H20N2O3/c1-16-11(9-15-7-6-14(16)17)10-4-5-12(18-2)13(8-10)19-3/h4-5,8,11,15H,6-7,9H2,1-3H3. The predicted molar refractivity (Wildman–Crippen MR) is 72.5 cm³/mol. The molecule has 19 heavy (non-hydrogen) atoms. The average Bonchev–Trinajstić information content (AvgIpc) is 2.61. The molecule has 1 unspecified atom stereocenters. The van der Waals surface area contributed by atoms with Crippen LogP contribution in [0, 0.1) is 0 Å². The molecule has 2 rings (SSSR count). The van der Waals surface area contributed by atoms with Gasteiger partial charge >= 0.3 is 0 Å². The van der Waals surface area contributed by atoms with Gasteiger partial charge in [0.2, 0.25) is 5.91 Å². The summed E-state index contributed by atoms with van der Waals surface area (Å²) < 4.78 is 10.5. The van der Waals surface area contributed by atoms with Crippen molar-refractivity contribution < 1.29 is 14.3 Å². The smallest absolute Gasteiger partial charge is 0.224 e. The van der Waals surface area contributed by atoms with Gasteiger partial charge in [0, 0.05) is 26.6 Å². The number of methoxy groups -OCH3 is 2. The van der Waals surface area contributed by atoms with Crippen molar-refractivity contribution in [3.8, 4) is 11.5 Å². The van der Waals surface area contributed by atoms with Crippen LogP contribution in [0.4, 0.5) is 0 Å². The van der Waals surface area contributed by atoms with Gasteiger partial charge in [-0.2, -0.15) is 0 Å². The second-order valence-electron chi connectivity index (χ2n) is 4.59. The Balaban J connectivity index is 2.31. The van der Waals surface area contributed by atoms with Gasteiger partial charge in [0.25, 0.3) is 0 Å². The predicted octanol–water partition coefficient (Wildman–Crippen LogP) is 1.20. The van der Waals surface area contributed by atoms with Gasteiger partial charge in [0.05, 0.1) is 20.3 Å². The summed E-state index contributed by atoms with van der Waals surface area (Å²) in [6.07, 6.45) is 0.542. The van der Waals surface area contributed by atoms with E-state index in [1.54, 1.807) is 19.1 Å². The number of ether oxygens (including phenoxy) is 2. The van der Waals surface area contributed by atoms with E-state index in [1.165, 1.54) is 0 Å². The van der Waals surface area contributed by atoms with Crippen molar-refractivity contribution in [1.82, 2.24) is 10.2 Å². The molecule has 0 radical (unpaired) electrons. The minimum absolute atomic E-state index is 0.0230. The summed E-state index contributed by atoms with van der Waals surface area (Å²) in [4.78, 5) is 13.7. The van der Waals surface area contributed by atoms with Gasteiger partial charge in [0.1, 0.15) is 0 Å². The summed E-state index contributed by atoms with van der Waals surface area (Å²) in [7, 11) is 5.07. The van der Waals surface area contributed by atoms with E-state index >= 15 is 0 Å². The zero-order valence-corrected chi connectivity index (χ0v) is 11.6. The molecule has 5 heteroatoms. The van der Waals surface area contributed by atoms with Gasteiger partial charge in [-0.05, 0) is 17.7 Å². The molecule has 1 aliphatic heterocycles. The number of carbonyl (C=O) groups excluding carboxylic acids is 1. The lowest BCUT2D eigenvalue weighted by molar-refractivity contribution is -0.131. The van der Waals surface area contributed by atoms with E-state index in [4.69, 9.17) is 9.47 Å². The molecule has 0 aromatic heterocycles. The molecule has 104 valence electrons. The Morgan fingerprint density at radius 1 is 1.26 bits per heavy atom. The van der Waals surface area contributed by atoms with Crippen LogP contribution in [0.1, 0.15) is 18.0 Å². The molecule has 5 nitrogen and oxygen atoms in total. The van der Waals surface area contributed by atoms with Gasteiger partial charge in [-0.1, -0.05) is 6.07 Å². The van der Waals surface area contributed by atoms with E-state index in [1.807, 2.05) is 25.2 Å². The lowest BCUT2D eigenvalue weighted by Gasteiger charge is -2.26. The molecule has 0 aliphatic carbocycles. The number of hydrogen-bond donors (Lipinski definition) is 1. The van der Waals surface area contributed by atoms with Gasteiger partial charge < -0.3 is 19.7 Å². The maximum Gasteiger partial charge on any atom is 0.224 e. The van der Waals surface area contributed by atoms with Crippen molar-refractivity contribution in [1.29, 1.82) is 0 Å². The van der Waals surface area contributed by atoms with E-state index in [9.17, 15) is 4.79 Å². The summed E-state index contributed by atoms with van der Waals surface area (Å²) in [5, 5.41) is 3.29. The first-order valence-corrected chi connectivity index (χ1v) is 6.35. The molecule has 1 N–H and O–H groups in total. The van der Waals surface area contributed by atoms with Crippen LogP contribution in [-0.4, -0.2) is 45.2 Å². The number of carbonyl (C=O) groups is 1. The van der Waals surface area contributed by atoms with Crippen LogP contribution in [0.5, 0.6) is 11.5 Å². The lowest BCUT2D eigenvalue weighted by Crippen LogP contribution is -2.32. The number of amides is 1. The fourth-order valence-corrected chi connectivity index (χ4v) is 2.32. The molecule has 1 aromatic carbocycles. The Hall–Kier alpha value is -1.75. The van der Waals surface area contributed by atoms with Gasteiger partial charge in [-0.15, -0.1) is 0 Å². The molecule has 0 spiro atoms. The third-order valence-electron chi connectivity index (χ3n) is 3.51. The summed E-state index contributed by atoms with van der Waals surface area (Å²) in [6, 6.07) is 5.80. The Morgan fingerprint density at radius 2 is 2.00 bits per heavy atom. The maximum atomic E-state index is 11.9. The molecule has 1 amide bonds. The van der Waals surface area contributed by atoms with Crippen LogP contribution in [0.3, 0.4) is 0 Å². The summed E-state index contributed by atoms with van der Waals surface area (Å²) in [6.45, 7) is 1.48. The normalized spacial score (nSPS) is 20.1. The van der Waals surface area contributed by atoms with E-state index in [2.05, 4.69) is 5.32 Å². The van der Waals surface area contributed by atoms with Crippen molar-refractivity contribution in [3.63, 3.8) is 0 Å². The Kier molecular flexibility index (Phi) is 4.27. The highest BCUT2D eigenvalue weighted by atomic mass is 16.5. The monoisotopic (exact) mass is 264 g/mol. The topological polar surface area (TPSA) is 50.8 Å². The summed E-state index contributed by atoms with van der Waals surface area (Å²) in [5.41, 5.74) is 1.04. The maximum absolute atomic E-state index is 11.9. The van der Waals surface area contributed by atoms with Crippen molar-refractivity contribution in [2.75, 3.05) is 34.4 Å². The van der Waals surface area contributed by atoms with Crippen LogP contribution in [0.15, 0.2) is 18.2 Å². The number of rotatable bonds is 3. The first kappa shape index (κ1) is 13.7. The van der Waals surface area contributed by atoms with E-state index in [0.29, 0.717) is 17.9 Å². The molecule has 1 atom stereocenters. The van der Waals surface area contributed by atoms with Crippen molar-refractivity contribution in [2.45, 2.75) is 12.5 Å². The number of likely N-dealkylation sites (N-methyl/N-ethyl adjacent to an activating group) is 1. The zero-order chi connectivity index (χ0) is 13.8. The minimum Gasteiger partial charge on any atom is -0.493 e. The Bertz CT molecular complexity index is 462.